The Hall–Kier alpha value is -3.50. The second-order valence-corrected chi connectivity index (χ2v) is 11.1. The van der Waals surface area contributed by atoms with E-state index in [9.17, 15) is 16.8 Å². The van der Waals surface area contributed by atoms with Gasteiger partial charge in [0.25, 0.3) is 20.0 Å². The molecule has 0 fully saturated rings. The van der Waals surface area contributed by atoms with Gasteiger partial charge in [0.2, 0.25) is 0 Å². The lowest BCUT2D eigenvalue weighted by atomic mass is 10.2. The summed E-state index contributed by atoms with van der Waals surface area (Å²) >= 11 is 0. The molecule has 1 aliphatic rings. The fourth-order valence-corrected chi connectivity index (χ4v) is 6.49. The van der Waals surface area contributed by atoms with Crippen LogP contribution < -0.4 is 18.1 Å². The fourth-order valence-electron chi connectivity index (χ4n) is 3.63. The summed E-state index contributed by atoms with van der Waals surface area (Å²) in [6.07, 6.45) is 3.29. The van der Waals surface area contributed by atoms with Gasteiger partial charge in [-0.05, 0) is 60.7 Å². The van der Waals surface area contributed by atoms with Crippen molar-refractivity contribution >= 4 is 31.4 Å². The van der Waals surface area contributed by atoms with Gasteiger partial charge in [-0.3, -0.25) is 8.61 Å². The summed E-state index contributed by atoms with van der Waals surface area (Å²) in [6, 6.07) is 18.7. The minimum Gasteiger partial charge on any atom is -0.497 e. The summed E-state index contributed by atoms with van der Waals surface area (Å²) in [5.74, 6) is 1.06. The number of fused-ring (bicyclic) bond motifs is 1. The topological polar surface area (TPSA) is 93.2 Å². The van der Waals surface area contributed by atoms with Gasteiger partial charge in [-0.25, -0.2) is 16.8 Å². The summed E-state index contributed by atoms with van der Waals surface area (Å²) < 4.78 is 67.0. The number of benzene rings is 3. The highest BCUT2D eigenvalue weighted by molar-refractivity contribution is 7.93. The second-order valence-electron chi connectivity index (χ2n) is 7.38. The summed E-state index contributed by atoms with van der Waals surface area (Å²) in [6.45, 7) is 0.115. The molecule has 0 amide bonds. The molecule has 0 radical (unpaired) electrons. The summed E-state index contributed by atoms with van der Waals surface area (Å²) in [5, 5.41) is 0. The molecular weight excluding hydrogens is 476 g/mol. The molecule has 1 heterocycles. The lowest BCUT2D eigenvalue weighted by Crippen LogP contribution is -2.37. The summed E-state index contributed by atoms with van der Waals surface area (Å²) in [7, 11) is -4.99. The van der Waals surface area contributed by atoms with Crippen molar-refractivity contribution in [2.45, 2.75) is 9.79 Å². The fraction of sp³-hybridized carbons (Fsp3) is 0.167. The summed E-state index contributed by atoms with van der Waals surface area (Å²) in [5.41, 5.74) is 0.527. The van der Waals surface area contributed by atoms with Crippen molar-refractivity contribution in [3.8, 4) is 11.5 Å². The van der Waals surface area contributed by atoms with Crippen LogP contribution in [-0.2, 0) is 20.0 Å². The van der Waals surface area contributed by atoms with Crippen LogP contribution in [0.1, 0.15) is 0 Å². The van der Waals surface area contributed by atoms with Crippen molar-refractivity contribution in [2.75, 3.05) is 35.9 Å². The van der Waals surface area contributed by atoms with Crippen LogP contribution in [0.15, 0.2) is 94.7 Å². The van der Waals surface area contributed by atoms with E-state index in [1.807, 2.05) is 0 Å². The molecule has 0 bridgehead atoms. The molecule has 178 valence electrons. The number of nitrogens with zero attached hydrogens (tertiary/aromatic N) is 2. The number of para-hydroxylation sites is 2. The third kappa shape index (κ3) is 4.34. The van der Waals surface area contributed by atoms with E-state index < -0.39 is 20.0 Å². The van der Waals surface area contributed by atoms with Gasteiger partial charge in [-0.1, -0.05) is 24.3 Å². The normalized spacial score (nSPS) is 15.1. The number of ether oxygens (including phenoxy) is 2. The Balaban J connectivity index is 1.81. The largest absolute Gasteiger partial charge is 0.497 e. The van der Waals surface area contributed by atoms with Gasteiger partial charge in [0.05, 0.1) is 48.5 Å². The molecule has 0 aliphatic carbocycles. The molecule has 4 rings (SSSR count). The zero-order valence-electron chi connectivity index (χ0n) is 18.7. The average Bonchev–Trinajstić information content (AvgIpc) is 2.84. The van der Waals surface area contributed by atoms with Gasteiger partial charge in [0.15, 0.2) is 0 Å². The Labute approximate surface area is 199 Å². The van der Waals surface area contributed by atoms with Crippen LogP contribution in [0, 0.1) is 0 Å². The Kier molecular flexibility index (Phi) is 6.54. The first-order valence-electron chi connectivity index (χ1n) is 10.4. The van der Waals surface area contributed by atoms with Crippen molar-refractivity contribution < 1.29 is 26.3 Å². The number of rotatable bonds is 6. The van der Waals surface area contributed by atoms with Crippen LogP contribution in [-0.4, -0.2) is 44.1 Å². The molecule has 0 saturated heterocycles. The van der Waals surface area contributed by atoms with Gasteiger partial charge in [-0.15, -0.1) is 0 Å². The Morgan fingerprint density at radius 1 is 0.588 bits per heavy atom. The first-order chi connectivity index (χ1) is 16.3. The van der Waals surface area contributed by atoms with Crippen molar-refractivity contribution in [1.82, 2.24) is 0 Å². The molecule has 0 N–H and O–H groups in total. The highest BCUT2D eigenvalue weighted by Gasteiger charge is 2.32. The van der Waals surface area contributed by atoms with Crippen LogP contribution in [0.5, 0.6) is 11.5 Å². The quantitative estimate of drug-likeness (QED) is 0.480. The Morgan fingerprint density at radius 2 is 0.941 bits per heavy atom. The SMILES string of the molecule is COc1ccc(S(=O)(=O)N2C/C=C\CN(S(=O)(=O)c3ccc(OC)cc3)c3ccccc32)cc1. The van der Waals surface area contributed by atoms with Crippen LogP contribution in [0.2, 0.25) is 0 Å². The molecule has 3 aromatic carbocycles. The van der Waals surface area contributed by atoms with Gasteiger partial charge < -0.3 is 9.47 Å². The second kappa shape index (κ2) is 9.40. The maximum atomic E-state index is 13.6. The number of hydrogen-bond donors (Lipinski definition) is 0. The van der Waals surface area contributed by atoms with Gasteiger partial charge >= 0.3 is 0 Å². The van der Waals surface area contributed by atoms with E-state index in [-0.39, 0.29) is 34.3 Å². The standard InChI is InChI=1S/C24H24N2O6S2/c1-31-19-9-13-21(14-10-19)33(27,28)25-17-5-6-18-26(24-8-4-3-7-23(24)25)34(29,30)22-15-11-20(32-2)12-16-22/h3-16H,17-18H2,1-2H3/b6-5-. The molecule has 3 aromatic rings. The first-order valence-corrected chi connectivity index (χ1v) is 13.2. The lowest BCUT2D eigenvalue weighted by molar-refractivity contribution is 0.414. The van der Waals surface area contributed by atoms with E-state index in [2.05, 4.69) is 0 Å². The van der Waals surface area contributed by atoms with Crippen molar-refractivity contribution in [3.63, 3.8) is 0 Å². The molecule has 34 heavy (non-hydrogen) atoms. The zero-order chi connectivity index (χ0) is 24.3. The van der Waals surface area contributed by atoms with E-state index in [1.165, 1.54) is 47.1 Å². The van der Waals surface area contributed by atoms with E-state index >= 15 is 0 Å². The first kappa shape index (κ1) is 23.7. The van der Waals surface area contributed by atoms with E-state index in [0.717, 1.165) is 0 Å². The van der Waals surface area contributed by atoms with Gasteiger partial charge in [0, 0.05) is 0 Å². The third-order valence-corrected chi connectivity index (χ3v) is 9.01. The third-order valence-electron chi connectivity index (χ3n) is 5.42. The molecular formula is C24H24N2O6S2. The molecule has 0 unspecified atom stereocenters. The highest BCUT2D eigenvalue weighted by Crippen LogP contribution is 2.37. The lowest BCUT2D eigenvalue weighted by Gasteiger charge is -2.32. The van der Waals surface area contributed by atoms with Crippen molar-refractivity contribution in [1.29, 1.82) is 0 Å². The molecule has 0 saturated carbocycles. The monoisotopic (exact) mass is 500 g/mol. The number of methoxy groups -OCH3 is 2. The van der Waals surface area contributed by atoms with E-state index in [1.54, 1.807) is 60.7 Å². The van der Waals surface area contributed by atoms with Crippen LogP contribution in [0.3, 0.4) is 0 Å². The molecule has 0 spiro atoms. The molecule has 8 nitrogen and oxygen atoms in total. The summed E-state index contributed by atoms with van der Waals surface area (Å²) in [4.78, 5) is 0.142. The molecule has 0 atom stereocenters. The Bertz CT molecular complexity index is 1290. The van der Waals surface area contributed by atoms with Gasteiger partial charge in [0.1, 0.15) is 11.5 Å². The zero-order valence-corrected chi connectivity index (χ0v) is 20.3. The van der Waals surface area contributed by atoms with Gasteiger partial charge in [-0.2, -0.15) is 0 Å². The van der Waals surface area contributed by atoms with E-state index in [0.29, 0.717) is 11.5 Å². The van der Waals surface area contributed by atoms with E-state index in [4.69, 9.17) is 9.47 Å². The minimum absolute atomic E-state index is 0.0573. The highest BCUT2D eigenvalue weighted by atomic mass is 32.2. The molecule has 0 aromatic heterocycles. The molecule has 10 heteroatoms. The van der Waals surface area contributed by atoms with Crippen LogP contribution in [0.4, 0.5) is 11.4 Å². The molecule has 1 aliphatic heterocycles. The Morgan fingerprint density at radius 3 is 1.26 bits per heavy atom. The van der Waals surface area contributed by atoms with Crippen LogP contribution >= 0.6 is 0 Å². The number of hydrogen-bond acceptors (Lipinski definition) is 6. The maximum absolute atomic E-state index is 13.6. The number of sulfonamides is 2. The minimum atomic E-state index is -3.99. The average molecular weight is 501 g/mol. The predicted octanol–water partition coefficient (Wildman–Crippen LogP) is 3.66. The predicted molar refractivity (Wildman–Crippen MR) is 131 cm³/mol. The maximum Gasteiger partial charge on any atom is 0.264 e. The van der Waals surface area contributed by atoms with Crippen molar-refractivity contribution in [3.05, 3.63) is 84.9 Å². The number of anilines is 2. The smallest absolute Gasteiger partial charge is 0.264 e. The van der Waals surface area contributed by atoms with Crippen LogP contribution in [0.25, 0.3) is 0 Å². The van der Waals surface area contributed by atoms with Crippen molar-refractivity contribution in [2.24, 2.45) is 0 Å².